The predicted octanol–water partition coefficient (Wildman–Crippen LogP) is 3.42. The van der Waals surface area contributed by atoms with Crippen LogP contribution < -0.4 is 5.32 Å². The van der Waals surface area contributed by atoms with E-state index in [9.17, 15) is 8.78 Å². The van der Waals surface area contributed by atoms with Crippen LogP contribution >= 0.6 is 11.6 Å². The molecule has 0 bridgehead atoms. The molecule has 0 atom stereocenters. The number of aliphatic hydroxyl groups excluding tert-OH is 1. The molecule has 1 aliphatic carbocycles. The van der Waals surface area contributed by atoms with E-state index in [1.807, 2.05) is 0 Å². The van der Waals surface area contributed by atoms with Gasteiger partial charge >= 0.3 is 6.55 Å². The lowest BCUT2D eigenvalue weighted by molar-refractivity contribution is 0.0568. The number of aromatic nitrogens is 3. The number of nitrogens with zero attached hydrogens (tertiary/aromatic N) is 3. The molecule has 1 fully saturated rings. The molecule has 5 nitrogen and oxygen atoms in total. The van der Waals surface area contributed by atoms with Crippen molar-refractivity contribution >= 4 is 17.3 Å². The third-order valence-corrected chi connectivity index (χ3v) is 4.33. The molecule has 23 heavy (non-hydrogen) atoms. The number of hydrogen-bond donors (Lipinski definition) is 2. The quantitative estimate of drug-likeness (QED) is 0.789. The van der Waals surface area contributed by atoms with Gasteiger partial charge in [-0.15, -0.1) is 0 Å². The molecule has 124 valence electrons. The second-order valence-corrected chi connectivity index (χ2v) is 6.17. The molecule has 2 aromatic rings. The third-order valence-electron chi connectivity index (χ3n) is 4.13. The van der Waals surface area contributed by atoms with Crippen LogP contribution in [0.1, 0.15) is 19.4 Å². The van der Waals surface area contributed by atoms with Crippen LogP contribution in [-0.2, 0) is 0 Å². The number of alkyl halides is 2. The number of pyridine rings is 1. The Balaban J connectivity index is 1.75. The minimum atomic E-state index is -2.68. The Morgan fingerprint density at radius 3 is 2.83 bits per heavy atom. The Labute approximate surface area is 137 Å². The molecule has 8 heteroatoms. The van der Waals surface area contributed by atoms with Crippen LogP contribution in [0, 0.1) is 11.8 Å². The summed E-state index contributed by atoms with van der Waals surface area (Å²) in [4.78, 5) is 4.01. The Bertz CT molecular complexity index is 673. The number of aliphatic hydroxyl groups is 1. The first-order valence-electron chi connectivity index (χ1n) is 7.40. The van der Waals surface area contributed by atoms with Crippen molar-refractivity contribution in [3.63, 3.8) is 0 Å². The van der Waals surface area contributed by atoms with Crippen molar-refractivity contribution in [3.8, 4) is 11.3 Å². The highest BCUT2D eigenvalue weighted by molar-refractivity contribution is 6.29. The topological polar surface area (TPSA) is 63.0 Å². The van der Waals surface area contributed by atoms with Crippen LogP contribution in [0.4, 0.5) is 14.5 Å². The van der Waals surface area contributed by atoms with Gasteiger partial charge in [0.2, 0.25) is 0 Å². The summed E-state index contributed by atoms with van der Waals surface area (Å²) in [6, 6.07) is 3.19. The standard InChI is InChI=1S/C15H17ClF2N4O/c16-14-5-13(19-6-9-3-10(4-9)8-23)11(7-20-14)12-1-2-22(21-12)15(17)18/h1-2,5,7,9-10,15,23H,3-4,6,8H2,(H,19,20). The van der Waals surface area contributed by atoms with E-state index in [0.29, 0.717) is 32.9 Å². The smallest absolute Gasteiger partial charge is 0.333 e. The number of hydrogen-bond acceptors (Lipinski definition) is 4. The molecule has 0 saturated heterocycles. The predicted molar refractivity (Wildman–Crippen MR) is 83.5 cm³/mol. The zero-order chi connectivity index (χ0) is 16.4. The van der Waals surface area contributed by atoms with Crippen LogP contribution in [0.2, 0.25) is 5.15 Å². The Morgan fingerprint density at radius 2 is 2.17 bits per heavy atom. The van der Waals surface area contributed by atoms with Gasteiger partial charge in [0.05, 0.1) is 5.69 Å². The van der Waals surface area contributed by atoms with Crippen molar-refractivity contribution < 1.29 is 13.9 Å². The van der Waals surface area contributed by atoms with Crippen molar-refractivity contribution in [2.45, 2.75) is 19.4 Å². The fourth-order valence-corrected chi connectivity index (χ4v) is 2.97. The molecule has 1 aliphatic rings. The molecule has 0 unspecified atom stereocenters. The number of rotatable bonds is 6. The lowest BCUT2D eigenvalue weighted by Crippen LogP contribution is -2.31. The van der Waals surface area contributed by atoms with Gasteiger partial charge in [-0.25, -0.2) is 9.67 Å². The first kappa shape index (κ1) is 16.1. The number of halogens is 3. The van der Waals surface area contributed by atoms with E-state index in [4.69, 9.17) is 16.7 Å². The molecule has 0 radical (unpaired) electrons. The third kappa shape index (κ3) is 3.61. The number of anilines is 1. The van der Waals surface area contributed by atoms with Gasteiger partial charge in [0, 0.05) is 36.8 Å². The minimum Gasteiger partial charge on any atom is -0.396 e. The number of nitrogens with one attached hydrogen (secondary N) is 1. The largest absolute Gasteiger partial charge is 0.396 e. The zero-order valence-electron chi connectivity index (χ0n) is 12.3. The second-order valence-electron chi connectivity index (χ2n) is 5.78. The summed E-state index contributed by atoms with van der Waals surface area (Å²) in [6.45, 7) is -1.71. The Hall–Kier alpha value is -1.73. The summed E-state index contributed by atoms with van der Waals surface area (Å²) < 4.78 is 25.9. The fraction of sp³-hybridized carbons (Fsp3) is 0.467. The summed E-state index contributed by atoms with van der Waals surface area (Å²) in [5, 5.41) is 16.5. The van der Waals surface area contributed by atoms with E-state index >= 15 is 0 Å². The minimum absolute atomic E-state index is 0.230. The monoisotopic (exact) mass is 342 g/mol. The van der Waals surface area contributed by atoms with E-state index < -0.39 is 6.55 Å². The van der Waals surface area contributed by atoms with Crippen molar-refractivity contribution in [3.05, 3.63) is 29.7 Å². The summed E-state index contributed by atoms with van der Waals surface area (Å²) >= 11 is 5.94. The van der Waals surface area contributed by atoms with Gasteiger partial charge in [-0.1, -0.05) is 11.6 Å². The van der Waals surface area contributed by atoms with Gasteiger partial charge in [-0.2, -0.15) is 13.9 Å². The molecule has 0 spiro atoms. The van der Waals surface area contributed by atoms with E-state index in [-0.39, 0.29) is 6.61 Å². The first-order valence-corrected chi connectivity index (χ1v) is 7.78. The van der Waals surface area contributed by atoms with Crippen molar-refractivity contribution in [2.75, 3.05) is 18.5 Å². The normalized spacial score (nSPS) is 20.6. The van der Waals surface area contributed by atoms with Gasteiger partial charge in [-0.05, 0) is 36.8 Å². The highest BCUT2D eigenvalue weighted by Gasteiger charge is 2.28. The van der Waals surface area contributed by atoms with E-state index in [1.54, 1.807) is 6.07 Å². The van der Waals surface area contributed by atoms with E-state index in [1.165, 1.54) is 18.5 Å². The molecular formula is C15H17ClF2N4O. The summed E-state index contributed by atoms with van der Waals surface area (Å²) in [7, 11) is 0. The van der Waals surface area contributed by atoms with Gasteiger partial charge in [0.25, 0.3) is 0 Å². The maximum absolute atomic E-state index is 12.7. The van der Waals surface area contributed by atoms with Crippen LogP contribution in [-0.4, -0.2) is 33.0 Å². The molecule has 0 amide bonds. The molecular weight excluding hydrogens is 326 g/mol. The lowest BCUT2D eigenvalue weighted by atomic mass is 9.75. The summed E-state index contributed by atoms with van der Waals surface area (Å²) in [5.41, 5.74) is 1.77. The molecule has 0 aliphatic heterocycles. The highest BCUT2D eigenvalue weighted by atomic mass is 35.5. The maximum Gasteiger partial charge on any atom is 0.333 e. The molecule has 2 N–H and O–H groups in total. The fourth-order valence-electron chi connectivity index (χ4n) is 2.81. The van der Waals surface area contributed by atoms with Gasteiger partial charge in [0.15, 0.2) is 0 Å². The first-order chi connectivity index (χ1) is 11.1. The van der Waals surface area contributed by atoms with Crippen molar-refractivity contribution in [1.29, 1.82) is 0 Å². The van der Waals surface area contributed by atoms with Crippen molar-refractivity contribution in [1.82, 2.24) is 14.8 Å². The van der Waals surface area contributed by atoms with E-state index in [2.05, 4.69) is 15.4 Å². The maximum atomic E-state index is 12.7. The Kier molecular flexibility index (Phi) is 4.77. The summed E-state index contributed by atoms with van der Waals surface area (Å²) in [6.07, 6.45) is 4.73. The van der Waals surface area contributed by atoms with Crippen LogP contribution in [0.5, 0.6) is 0 Å². The van der Waals surface area contributed by atoms with Crippen LogP contribution in [0.15, 0.2) is 24.5 Å². The van der Waals surface area contributed by atoms with E-state index in [0.717, 1.165) is 25.1 Å². The molecule has 1 saturated carbocycles. The second kappa shape index (κ2) is 6.80. The SMILES string of the molecule is OCC1CC(CNc2cc(Cl)ncc2-c2ccn(C(F)F)n2)C1. The zero-order valence-corrected chi connectivity index (χ0v) is 13.0. The summed E-state index contributed by atoms with van der Waals surface area (Å²) in [5.74, 6) is 0.884. The molecule has 2 heterocycles. The average molecular weight is 343 g/mol. The Morgan fingerprint density at radius 1 is 1.39 bits per heavy atom. The van der Waals surface area contributed by atoms with Gasteiger partial charge < -0.3 is 10.4 Å². The van der Waals surface area contributed by atoms with Gasteiger partial charge in [-0.3, -0.25) is 0 Å². The highest BCUT2D eigenvalue weighted by Crippen LogP contribution is 2.34. The average Bonchev–Trinajstić information content (AvgIpc) is 2.96. The van der Waals surface area contributed by atoms with Gasteiger partial charge in [0.1, 0.15) is 5.15 Å². The molecule has 2 aromatic heterocycles. The van der Waals surface area contributed by atoms with Crippen LogP contribution in [0.3, 0.4) is 0 Å². The van der Waals surface area contributed by atoms with Crippen molar-refractivity contribution in [2.24, 2.45) is 11.8 Å². The van der Waals surface area contributed by atoms with Crippen LogP contribution in [0.25, 0.3) is 11.3 Å². The lowest BCUT2D eigenvalue weighted by Gasteiger charge is -2.34. The molecule has 3 rings (SSSR count). The molecule has 0 aromatic carbocycles.